The van der Waals surface area contributed by atoms with Crippen molar-refractivity contribution >= 4 is 15.7 Å². The maximum absolute atomic E-state index is 13.6. The third-order valence-corrected chi connectivity index (χ3v) is 4.36. The number of nitrogens with one attached hydrogen (secondary N) is 1. The molecule has 2 aromatic rings. The first-order chi connectivity index (χ1) is 9.88. The van der Waals surface area contributed by atoms with E-state index in [9.17, 15) is 17.2 Å². The van der Waals surface area contributed by atoms with Crippen molar-refractivity contribution in [2.45, 2.75) is 11.3 Å². The van der Waals surface area contributed by atoms with Gasteiger partial charge >= 0.3 is 0 Å². The number of sulfonamides is 1. The van der Waals surface area contributed by atoms with Gasteiger partial charge in [-0.3, -0.25) is 0 Å². The third-order valence-electron chi connectivity index (χ3n) is 2.86. The summed E-state index contributed by atoms with van der Waals surface area (Å²) in [6.07, 6.45) is 0.371. The Morgan fingerprint density at radius 2 is 1.71 bits per heavy atom. The standard InChI is InChI=1S/C14H14F2N2O2S/c15-11-3-1-10(2-4-11)7-8-18-21(19,20)14-6-5-12(17)9-13(14)16/h1-6,9,18H,7-8,17H2. The van der Waals surface area contributed by atoms with Gasteiger partial charge in [0.1, 0.15) is 16.5 Å². The molecule has 21 heavy (non-hydrogen) atoms. The molecule has 0 heterocycles. The van der Waals surface area contributed by atoms with Crippen LogP contribution >= 0.6 is 0 Å². The van der Waals surface area contributed by atoms with Gasteiger partial charge < -0.3 is 5.73 Å². The number of hydrogen-bond acceptors (Lipinski definition) is 3. The molecule has 0 amide bonds. The molecule has 0 aliphatic rings. The van der Waals surface area contributed by atoms with E-state index in [-0.39, 0.29) is 18.0 Å². The highest BCUT2D eigenvalue weighted by Crippen LogP contribution is 2.16. The quantitative estimate of drug-likeness (QED) is 0.830. The second kappa shape index (κ2) is 6.19. The van der Waals surface area contributed by atoms with Crippen LogP contribution in [0.15, 0.2) is 47.4 Å². The van der Waals surface area contributed by atoms with Crippen LogP contribution in [0.1, 0.15) is 5.56 Å². The van der Waals surface area contributed by atoms with E-state index in [1.165, 1.54) is 18.2 Å². The van der Waals surface area contributed by atoms with Gasteiger partial charge in [-0.15, -0.1) is 0 Å². The molecule has 112 valence electrons. The van der Waals surface area contributed by atoms with E-state index >= 15 is 0 Å². The summed E-state index contributed by atoms with van der Waals surface area (Å²) in [5.74, 6) is -1.26. The van der Waals surface area contributed by atoms with Crippen LogP contribution in [0.2, 0.25) is 0 Å². The van der Waals surface area contributed by atoms with Crippen molar-refractivity contribution in [3.8, 4) is 0 Å². The van der Waals surface area contributed by atoms with Gasteiger partial charge in [0.05, 0.1) is 0 Å². The highest BCUT2D eigenvalue weighted by Gasteiger charge is 2.18. The summed E-state index contributed by atoms with van der Waals surface area (Å²) in [4.78, 5) is -0.448. The number of nitrogens with two attached hydrogens (primary N) is 1. The number of nitrogen functional groups attached to an aromatic ring is 1. The molecule has 0 aromatic heterocycles. The maximum atomic E-state index is 13.6. The van der Waals surface area contributed by atoms with Crippen molar-refractivity contribution in [2.75, 3.05) is 12.3 Å². The van der Waals surface area contributed by atoms with E-state index < -0.39 is 20.7 Å². The van der Waals surface area contributed by atoms with Crippen LogP contribution in [-0.4, -0.2) is 15.0 Å². The third kappa shape index (κ3) is 3.99. The molecule has 0 radical (unpaired) electrons. The molecule has 0 aliphatic heterocycles. The summed E-state index contributed by atoms with van der Waals surface area (Å²) in [5.41, 5.74) is 6.30. The molecule has 2 aromatic carbocycles. The van der Waals surface area contributed by atoms with Gasteiger partial charge in [-0.25, -0.2) is 21.9 Å². The number of benzene rings is 2. The number of rotatable bonds is 5. The zero-order chi connectivity index (χ0) is 15.5. The lowest BCUT2D eigenvalue weighted by molar-refractivity contribution is 0.557. The Kier molecular flexibility index (Phi) is 4.54. The molecular weight excluding hydrogens is 298 g/mol. The van der Waals surface area contributed by atoms with Crippen LogP contribution < -0.4 is 10.5 Å². The second-order valence-corrected chi connectivity index (χ2v) is 6.20. The lowest BCUT2D eigenvalue weighted by Gasteiger charge is -2.08. The van der Waals surface area contributed by atoms with Crippen molar-refractivity contribution in [1.29, 1.82) is 0 Å². The molecular formula is C14H14F2N2O2S. The van der Waals surface area contributed by atoms with Crippen molar-refractivity contribution in [3.05, 3.63) is 59.7 Å². The Balaban J connectivity index is 2.03. The lowest BCUT2D eigenvalue weighted by atomic mass is 10.1. The minimum Gasteiger partial charge on any atom is -0.399 e. The van der Waals surface area contributed by atoms with E-state index in [1.807, 2.05) is 0 Å². The minimum absolute atomic E-state index is 0.0811. The Hall–Kier alpha value is -1.99. The minimum atomic E-state index is -3.94. The Morgan fingerprint density at radius 3 is 2.33 bits per heavy atom. The molecule has 0 aliphatic carbocycles. The number of anilines is 1. The van der Waals surface area contributed by atoms with Crippen molar-refractivity contribution in [3.63, 3.8) is 0 Å². The highest BCUT2D eigenvalue weighted by molar-refractivity contribution is 7.89. The van der Waals surface area contributed by atoms with Crippen LogP contribution in [0.5, 0.6) is 0 Å². The highest BCUT2D eigenvalue weighted by atomic mass is 32.2. The molecule has 7 heteroatoms. The van der Waals surface area contributed by atoms with Gasteiger partial charge in [-0.2, -0.15) is 0 Å². The molecule has 2 rings (SSSR count). The largest absolute Gasteiger partial charge is 0.399 e. The Bertz CT molecular complexity index is 731. The van der Waals surface area contributed by atoms with Gasteiger partial charge in [-0.05, 0) is 42.3 Å². The Morgan fingerprint density at radius 1 is 1.05 bits per heavy atom. The predicted molar refractivity (Wildman–Crippen MR) is 76.1 cm³/mol. The van der Waals surface area contributed by atoms with Gasteiger partial charge in [0.25, 0.3) is 0 Å². The van der Waals surface area contributed by atoms with E-state index in [1.54, 1.807) is 12.1 Å². The average Bonchev–Trinajstić information content (AvgIpc) is 2.40. The molecule has 0 atom stereocenters. The molecule has 0 fully saturated rings. The zero-order valence-electron chi connectivity index (χ0n) is 11.0. The van der Waals surface area contributed by atoms with Crippen LogP contribution in [0.3, 0.4) is 0 Å². The maximum Gasteiger partial charge on any atom is 0.243 e. The number of halogens is 2. The summed E-state index contributed by atoms with van der Waals surface area (Å²) in [6.45, 7) is 0.0811. The summed E-state index contributed by atoms with van der Waals surface area (Å²) in [7, 11) is -3.94. The summed E-state index contributed by atoms with van der Waals surface area (Å²) in [6, 6.07) is 9.10. The fraction of sp³-hybridized carbons (Fsp3) is 0.143. The van der Waals surface area contributed by atoms with Crippen molar-refractivity contribution in [2.24, 2.45) is 0 Å². The van der Waals surface area contributed by atoms with Crippen LogP contribution in [0, 0.1) is 11.6 Å². The van der Waals surface area contributed by atoms with E-state index in [4.69, 9.17) is 5.73 Å². The zero-order valence-corrected chi connectivity index (χ0v) is 11.8. The summed E-state index contributed by atoms with van der Waals surface area (Å²) in [5, 5.41) is 0. The van der Waals surface area contributed by atoms with Gasteiger partial charge in [0, 0.05) is 12.2 Å². The van der Waals surface area contributed by atoms with Crippen LogP contribution in [0.4, 0.5) is 14.5 Å². The van der Waals surface area contributed by atoms with Crippen LogP contribution in [-0.2, 0) is 16.4 Å². The topological polar surface area (TPSA) is 72.2 Å². The monoisotopic (exact) mass is 312 g/mol. The second-order valence-electron chi connectivity index (χ2n) is 4.46. The first kappa shape index (κ1) is 15.4. The van der Waals surface area contributed by atoms with Gasteiger partial charge in [0.15, 0.2) is 0 Å². The molecule has 0 saturated carbocycles. The van der Waals surface area contributed by atoms with E-state index in [0.717, 1.165) is 17.7 Å². The smallest absolute Gasteiger partial charge is 0.243 e. The van der Waals surface area contributed by atoms with E-state index in [2.05, 4.69) is 4.72 Å². The van der Waals surface area contributed by atoms with Crippen molar-refractivity contribution < 1.29 is 17.2 Å². The molecule has 0 bridgehead atoms. The first-order valence-corrected chi connectivity index (χ1v) is 7.66. The van der Waals surface area contributed by atoms with E-state index in [0.29, 0.717) is 6.42 Å². The summed E-state index contributed by atoms with van der Waals surface area (Å²) < 4.78 is 52.5. The first-order valence-electron chi connectivity index (χ1n) is 6.17. The molecule has 0 saturated heterocycles. The SMILES string of the molecule is Nc1ccc(S(=O)(=O)NCCc2ccc(F)cc2)c(F)c1. The molecule has 3 N–H and O–H groups in total. The normalized spacial score (nSPS) is 11.5. The molecule has 0 spiro atoms. The van der Waals surface area contributed by atoms with Gasteiger partial charge in [-0.1, -0.05) is 12.1 Å². The fourth-order valence-electron chi connectivity index (χ4n) is 1.79. The molecule has 4 nitrogen and oxygen atoms in total. The number of hydrogen-bond donors (Lipinski definition) is 2. The molecule has 0 unspecified atom stereocenters. The van der Waals surface area contributed by atoms with Gasteiger partial charge in [0.2, 0.25) is 10.0 Å². The Labute approximate surface area is 121 Å². The van der Waals surface area contributed by atoms with Crippen LogP contribution in [0.25, 0.3) is 0 Å². The summed E-state index contributed by atoms with van der Waals surface area (Å²) >= 11 is 0. The lowest BCUT2D eigenvalue weighted by Crippen LogP contribution is -2.26. The van der Waals surface area contributed by atoms with Crippen molar-refractivity contribution in [1.82, 2.24) is 4.72 Å². The fourth-order valence-corrected chi connectivity index (χ4v) is 2.88. The average molecular weight is 312 g/mol. The predicted octanol–water partition coefficient (Wildman–Crippen LogP) is 2.07.